The van der Waals surface area contributed by atoms with Gasteiger partial charge in [-0.05, 0) is 76.7 Å². The van der Waals surface area contributed by atoms with Crippen molar-refractivity contribution in [2.45, 2.75) is 45.1 Å². The Morgan fingerprint density at radius 1 is 1.21 bits per heavy atom. The largest absolute Gasteiger partial charge is 0.316 e. The van der Waals surface area contributed by atoms with Crippen molar-refractivity contribution in [2.24, 2.45) is 11.8 Å². The SMILES string of the molecule is CCCN(CC1CCCNC1)C1CN2CCC1CC2. The highest BCUT2D eigenvalue weighted by Gasteiger charge is 2.37. The third kappa shape index (κ3) is 3.32. The molecule has 3 nitrogen and oxygen atoms in total. The predicted molar refractivity (Wildman–Crippen MR) is 80.4 cm³/mol. The molecule has 0 aromatic carbocycles. The topological polar surface area (TPSA) is 18.5 Å². The lowest BCUT2D eigenvalue weighted by atomic mass is 9.82. The van der Waals surface area contributed by atoms with Gasteiger partial charge < -0.3 is 10.2 Å². The molecule has 0 radical (unpaired) electrons. The summed E-state index contributed by atoms with van der Waals surface area (Å²) in [5, 5.41) is 3.58. The summed E-state index contributed by atoms with van der Waals surface area (Å²) in [6, 6.07) is 0.865. The van der Waals surface area contributed by atoms with Crippen molar-refractivity contribution < 1.29 is 0 Å². The second-order valence-electron chi connectivity index (χ2n) is 6.91. The number of piperidine rings is 4. The molecule has 19 heavy (non-hydrogen) atoms. The molecule has 3 heteroatoms. The van der Waals surface area contributed by atoms with E-state index in [2.05, 4.69) is 22.0 Å². The Morgan fingerprint density at radius 3 is 2.63 bits per heavy atom. The number of nitrogens with zero attached hydrogens (tertiary/aromatic N) is 2. The fraction of sp³-hybridized carbons (Fsp3) is 1.00. The number of hydrogen-bond donors (Lipinski definition) is 1. The van der Waals surface area contributed by atoms with Gasteiger partial charge in [-0.1, -0.05) is 6.92 Å². The van der Waals surface area contributed by atoms with Crippen LogP contribution in [0, 0.1) is 11.8 Å². The first kappa shape index (κ1) is 13.8. The van der Waals surface area contributed by atoms with Gasteiger partial charge in [0, 0.05) is 19.1 Å². The summed E-state index contributed by atoms with van der Waals surface area (Å²) in [6.07, 6.45) is 7.03. The van der Waals surface area contributed by atoms with E-state index in [9.17, 15) is 0 Å². The zero-order chi connectivity index (χ0) is 13.1. The van der Waals surface area contributed by atoms with Crippen LogP contribution < -0.4 is 5.32 Å². The van der Waals surface area contributed by atoms with Crippen LogP contribution in [0.15, 0.2) is 0 Å². The van der Waals surface area contributed by atoms with Gasteiger partial charge in [0.2, 0.25) is 0 Å². The molecule has 0 saturated carbocycles. The van der Waals surface area contributed by atoms with Crippen LogP contribution >= 0.6 is 0 Å². The van der Waals surface area contributed by atoms with E-state index >= 15 is 0 Å². The van der Waals surface area contributed by atoms with Crippen molar-refractivity contribution in [3.05, 3.63) is 0 Å². The molecule has 0 amide bonds. The first-order valence-corrected chi connectivity index (χ1v) is 8.54. The van der Waals surface area contributed by atoms with Gasteiger partial charge in [-0.3, -0.25) is 4.90 Å². The Bertz CT molecular complexity index is 267. The molecule has 1 N–H and O–H groups in total. The molecule has 0 aliphatic carbocycles. The van der Waals surface area contributed by atoms with Crippen LogP contribution in [-0.2, 0) is 0 Å². The molecule has 4 aliphatic heterocycles. The van der Waals surface area contributed by atoms with Gasteiger partial charge in [0.05, 0.1) is 0 Å². The van der Waals surface area contributed by atoms with Gasteiger partial charge in [-0.2, -0.15) is 0 Å². The minimum atomic E-state index is 0.865. The Balaban J connectivity index is 1.59. The smallest absolute Gasteiger partial charge is 0.0252 e. The summed E-state index contributed by atoms with van der Waals surface area (Å²) in [5.74, 6) is 1.89. The van der Waals surface area contributed by atoms with Crippen molar-refractivity contribution >= 4 is 0 Å². The van der Waals surface area contributed by atoms with Crippen LogP contribution in [0.25, 0.3) is 0 Å². The van der Waals surface area contributed by atoms with E-state index in [4.69, 9.17) is 0 Å². The lowest BCUT2D eigenvalue weighted by Gasteiger charge is -2.50. The summed E-state index contributed by atoms with van der Waals surface area (Å²) < 4.78 is 0. The monoisotopic (exact) mass is 265 g/mol. The Kier molecular flexibility index (Phi) is 4.78. The maximum absolute atomic E-state index is 3.58. The molecule has 4 aliphatic rings. The number of nitrogens with one attached hydrogen (secondary N) is 1. The van der Waals surface area contributed by atoms with Gasteiger partial charge in [0.15, 0.2) is 0 Å². The average Bonchev–Trinajstić information content (AvgIpc) is 2.49. The van der Waals surface area contributed by atoms with Crippen molar-refractivity contribution in [1.82, 2.24) is 15.1 Å². The normalized spacial score (nSPS) is 38.8. The van der Waals surface area contributed by atoms with Crippen LogP contribution in [0.1, 0.15) is 39.0 Å². The van der Waals surface area contributed by atoms with Gasteiger partial charge in [-0.25, -0.2) is 0 Å². The molecule has 2 unspecified atom stereocenters. The second-order valence-corrected chi connectivity index (χ2v) is 6.91. The number of fused-ring (bicyclic) bond motifs is 3. The van der Waals surface area contributed by atoms with Gasteiger partial charge in [0.1, 0.15) is 0 Å². The molecule has 0 aromatic heterocycles. The maximum atomic E-state index is 3.58. The van der Waals surface area contributed by atoms with E-state index in [0.29, 0.717) is 0 Å². The summed E-state index contributed by atoms with van der Waals surface area (Å²) in [5.41, 5.74) is 0. The first-order valence-electron chi connectivity index (χ1n) is 8.54. The fourth-order valence-corrected chi connectivity index (χ4v) is 4.44. The Morgan fingerprint density at radius 2 is 2.05 bits per heavy atom. The van der Waals surface area contributed by atoms with E-state index in [-0.39, 0.29) is 0 Å². The fourth-order valence-electron chi connectivity index (χ4n) is 4.44. The minimum absolute atomic E-state index is 0.865. The van der Waals surface area contributed by atoms with E-state index in [1.807, 2.05) is 0 Å². The molecule has 4 heterocycles. The van der Waals surface area contributed by atoms with E-state index in [1.54, 1.807) is 0 Å². The highest BCUT2D eigenvalue weighted by Crippen LogP contribution is 2.31. The van der Waals surface area contributed by atoms with Gasteiger partial charge >= 0.3 is 0 Å². The number of rotatable bonds is 5. The highest BCUT2D eigenvalue weighted by molar-refractivity contribution is 4.93. The summed E-state index contributed by atoms with van der Waals surface area (Å²) in [7, 11) is 0. The maximum Gasteiger partial charge on any atom is 0.0252 e. The van der Waals surface area contributed by atoms with Crippen molar-refractivity contribution in [2.75, 3.05) is 45.8 Å². The molecule has 2 atom stereocenters. The second kappa shape index (κ2) is 6.55. The quantitative estimate of drug-likeness (QED) is 0.818. The van der Waals surface area contributed by atoms with Crippen molar-refractivity contribution in [3.63, 3.8) is 0 Å². The van der Waals surface area contributed by atoms with Gasteiger partial charge in [-0.15, -0.1) is 0 Å². The molecular weight excluding hydrogens is 234 g/mol. The van der Waals surface area contributed by atoms with E-state index in [0.717, 1.165) is 17.9 Å². The molecule has 110 valence electrons. The van der Waals surface area contributed by atoms with Crippen LogP contribution in [0.4, 0.5) is 0 Å². The minimum Gasteiger partial charge on any atom is -0.316 e. The van der Waals surface area contributed by atoms with Crippen molar-refractivity contribution in [1.29, 1.82) is 0 Å². The summed E-state index contributed by atoms with van der Waals surface area (Å²) in [4.78, 5) is 5.56. The molecule has 0 spiro atoms. The lowest BCUT2D eigenvalue weighted by molar-refractivity contribution is -0.00267. The zero-order valence-corrected chi connectivity index (χ0v) is 12.6. The third-order valence-electron chi connectivity index (χ3n) is 5.49. The zero-order valence-electron chi connectivity index (χ0n) is 12.6. The van der Waals surface area contributed by atoms with Crippen molar-refractivity contribution in [3.8, 4) is 0 Å². The molecular formula is C16H31N3. The highest BCUT2D eigenvalue weighted by atomic mass is 15.3. The molecule has 4 saturated heterocycles. The standard InChI is InChI=1S/C16H31N3/c1-2-8-19(12-14-4-3-7-17-11-14)16-13-18-9-5-15(16)6-10-18/h14-17H,2-13H2,1H3. The van der Waals surface area contributed by atoms with Crippen LogP contribution in [-0.4, -0.2) is 61.7 Å². The molecule has 4 fully saturated rings. The molecule has 4 rings (SSSR count). The van der Waals surface area contributed by atoms with E-state index < -0.39 is 0 Å². The van der Waals surface area contributed by atoms with Crippen LogP contribution in [0.2, 0.25) is 0 Å². The third-order valence-corrected chi connectivity index (χ3v) is 5.49. The Labute approximate surface area is 118 Å². The average molecular weight is 265 g/mol. The predicted octanol–water partition coefficient (Wildman–Crippen LogP) is 1.79. The first-order chi connectivity index (χ1) is 9.36. The number of hydrogen-bond acceptors (Lipinski definition) is 3. The summed E-state index contributed by atoms with van der Waals surface area (Å²) in [6.45, 7) is 11.6. The van der Waals surface area contributed by atoms with Crippen LogP contribution in [0.5, 0.6) is 0 Å². The van der Waals surface area contributed by atoms with E-state index in [1.165, 1.54) is 77.9 Å². The Hall–Kier alpha value is -0.120. The lowest BCUT2D eigenvalue weighted by Crippen LogP contribution is -2.58. The van der Waals surface area contributed by atoms with Crippen LogP contribution in [0.3, 0.4) is 0 Å². The molecule has 0 aromatic rings. The van der Waals surface area contributed by atoms with Gasteiger partial charge in [0.25, 0.3) is 0 Å². The summed E-state index contributed by atoms with van der Waals surface area (Å²) >= 11 is 0. The molecule has 2 bridgehead atoms.